The van der Waals surface area contributed by atoms with Crippen LogP contribution < -0.4 is 11.1 Å². The maximum absolute atomic E-state index is 12.4. The molecule has 9 nitrogen and oxygen atoms in total. The number of nitrogens with one attached hydrogen (secondary N) is 1. The Bertz CT molecular complexity index is 878. The number of benzene rings is 2. The number of rotatable bonds is 7. The van der Waals surface area contributed by atoms with Crippen LogP contribution in [0.4, 0.5) is 5.69 Å². The summed E-state index contributed by atoms with van der Waals surface area (Å²) < 4.78 is 4.89. The van der Waals surface area contributed by atoms with Crippen molar-refractivity contribution in [1.29, 1.82) is 0 Å². The number of hydrogen-bond donors (Lipinski definition) is 2. The summed E-state index contributed by atoms with van der Waals surface area (Å²) in [7, 11) is 0. The second-order valence-corrected chi connectivity index (χ2v) is 5.43. The van der Waals surface area contributed by atoms with Gasteiger partial charge in [0, 0.05) is 11.3 Å². The topological polar surface area (TPSA) is 147 Å². The Morgan fingerprint density at radius 3 is 2.44 bits per heavy atom. The van der Waals surface area contributed by atoms with Gasteiger partial charge in [-0.1, -0.05) is 53.6 Å². The lowest BCUT2D eigenvalue weighted by molar-refractivity contribution is -0.142. The number of nitrogens with two attached hydrogens (primary N) is 1. The van der Waals surface area contributed by atoms with Crippen LogP contribution in [0.1, 0.15) is 15.9 Å². The van der Waals surface area contributed by atoms with Gasteiger partial charge in [-0.2, -0.15) is 0 Å². The van der Waals surface area contributed by atoms with Crippen molar-refractivity contribution in [3.63, 3.8) is 0 Å². The van der Waals surface area contributed by atoms with Crippen molar-refractivity contribution in [3.05, 3.63) is 76.2 Å². The third-order valence-electron chi connectivity index (χ3n) is 3.56. The van der Waals surface area contributed by atoms with Crippen LogP contribution in [0.3, 0.4) is 0 Å². The first-order valence-electron chi connectivity index (χ1n) is 7.98. The maximum Gasteiger partial charge on any atom is 0.346 e. The van der Waals surface area contributed by atoms with Gasteiger partial charge in [-0.25, -0.2) is 9.59 Å². The molecule has 0 saturated carbocycles. The molecular formula is C18H17N5O4. The SMILES string of the molecule is [N-]=[N+]=Nc1ccccc1C(=O)OC(=O)[C@H](Cc1ccccc1)NC(=O)CN. The average molecular weight is 367 g/mol. The van der Waals surface area contributed by atoms with E-state index in [4.69, 9.17) is 16.0 Å². The highest BCUT2D eigenvalue weighted by Crippen LogP contribution is 2.20. The van der Waals surface area contributed by atoms with Crippen molar-refractivity contribution in [2.45, 2.75) is 12.5 Å². The van der Waals surface area contributed by atoms with Crippen LogP contribution in [0, 0.1) is 0 Å². The van der Waals surface area contributed by atoms with Crippen LogP contribution in [0.15, 0.2) is 59.7 Å². The molecule has 0 heterocycles. The van der Waals surface area contributed by atoms with Gasteiger partial charge in [0.2, 0.25) is 5.91 Å². The van der Waals surface area contributed by atoms with E-state index in [0.29, 0.717) is 0 Å². The molecule has 0 radical (unpaired) electrons. The number of ether oxygens (including phenoxy) is 1. The Balaban J connectivity index is 2.18. The van der Waals surface area contributed by atoms with E-state index in [9.17, 15) is 14.4 Å². The summed E-state index contributed by atoms with van der Waals surface area (Å²) in [5.41, 5.74) is 14.6. The molecule has 1 amide bonds. The molecule has 0 unspecified atom stereocenters. The van der Waals surface area contributed by atoms with E-state index in [1.54, 1.807) is 30.3 Å². The van der Waals surface area contributed by atoms with Crippen LogP contribution >= 0.6 is 0 Å². The molecule has 2 aromatic carbocycles. The summed E-state index contributed by atoms with van der Waals surface area (Å²) in [6.45, 7) is -0.313. The summed E-state index contributed by atoms with van der Waals surface area (Å²) in [5, 5.41) is 5.83. The Morgan fingerprint density at radius 2 is 1.78 bits per heavy atom. The van der Waals surface area contributed by atoms with Crippen molar-refractivity contribution < 1.29 is 19.1 Å². The van der Waals surface area contributed by atoms with E-state index in [1.807, 2.05) is 6.07 Å². The highest BCUT2D eigenvalue weighted by Gasteiger charge is 2.26. The van der Waals surface area contributed by atoms with E-state index in [-0.39, 0.29) is 24.2 Å². The molecule has 0 aliphatic heterocycles. The van der Waals surface area contributed by atoms with Gasteiger partial charge in [-0.3, -0.25) is 4.79 Å². The van der Waals surface area contributed by atoms with Crippen LogP contribution in [0.5, 0.6) is 0 Å². The van der Waals surface area contributed by atoms with Gasteiger partial charge in [0.05, 0.1) is 17.8 Å². The second kappa shape index (κ2) is 9.71. The van der Waals surface area contributed by atoms with Crippen LogP contribution in [0.2, 0.25) is 0 Å². The number of carbonyl (C=O) groups is 3. The molecule has 0 aliphatic rings. The Kier molecular flexibility index (Phi) is 7.07. The summed E-state index contributed by atoms with van der Waals surface area (Å²) in [6, 6.07) is 13.7. The summed E-state index contributed by atoms with van der Waals surface area (Å²) >= 11 is 0. The second-order valence-electron chi connectivity index (χ2n) is 5.43. The fraction of sp³-hybridized carbons (Fsp3) is 0.167. The number of hydrogen-bond acceptors (Lipinski definition) is 6. The van der Waals surface area contributed by atoms with Crippen molar-refractivity contribution >= 4 is 23.5 Å². The van der Waals surface area contributed by atoms with Crippen LogP contribution in [-0.4, -0.2) is 30.4 Å². The lowest BCUT2D eigenvalue weighted by Gasteiger charge is -2.17. The lowest BCUT2D eigenvalue weighted by atomic mass is 10.1. The minimum absolute atomic E-state index is 0.0309. The predicted molar refractivity (Wildman–Crippen MR) is 96.8 cm³/mol. The quantitative estimate of drug-likeness (QED) is 0.252. The van der Waals surface area contributed by atoms with E-state index < -0.39 is 23.9 Å². The lowest BCUT2D eigenvalue weighted by Crippen LogP contribution is -2.46. The third kappa shape index (κ3) is 5.67. The number of amides is 1. The molecule has 0 aromatic heterocycles. The maximum atomic E-state index is 12.4. The smallest absolute Gasteiger partial charge is 0.346 e. The zero-order chi connectivity index (χ0) is 19.6. The number of azide groups is 1. The molecule has 3 N–H and O–H groups in total. The van der Waals surface area contributed by atoms with E-state index in [1.165, 1.54) is 18.2 Å². The molecule has 0 saturated heterocycles. The Hall–Kier alpha value is -3.68. The van der Waals surface area contributed by atoms with E-state index >= 15 is 0 Å². The molecule has 2 rings (SSSR count). The van der Waals surface area contributed by atoms with Gasteiger partial charge >= 0.3 is 11.9 Å². The Labute approximate surface area is 154 Å². The normalized spacial score (nSPS) is 11.0. The van der Waals surface area contributed by atoms with E-state index in [2.05, 4.69) is 15.3 Å². The van der Waals surface area contributed by atoms with Crippen LogP contribution in [0.25, 0.3) is 10.4 Å². The van der Waals surface area contributed by atoms with Crippen molar-refractivity contribution in [1.82, 2.24) is 5.32 Å². The predicted octanol–water partition coefficient (Wildman–Crippen LogP) is 2.00. The van der Waals surface area contributed by atoms with Crippen LogP contribution in [-0.2, 0) is 20.7 Å². The summed E-state index contributed by atoms with van der Waals surface area (Å²) in [5.74, 6) is -2.49. The first-order valence-corrected chi connectivity index (χ1v) is 7.98. The van der Waals surface area contributed by atoms with Crippen molar-refractivity contribution in [2.75, 3.05) is 6.54 Å². The number of nitrogens with zero attached hydrogens (tertiary/aromatic N) is 3. The molecule has 1 atom stereocenters. The molecular weight excluding hydrogens is 350 g/mol. The number of carbonyl (C=O) groups excluding carboxylic acids is 3. The van der Waals surface area contributed by atoms with Gasteiger partial charge in [0.1, 0.15) is 6.04 Å². The molecule has 0 bridgehead atoms. The first-order chi connectivity index (χ1) is 13.0. The minimum atomic E-state index is -1.10. The summed E-state index contributed by atoms with van der Waals surface area (Å²) in [6.07, 6.45) is 0.122. The minimum Gasteiger partial charge on any atom is -0.388 e. The fourth-order valence-corrected chi connectivity index (χ4v) is 2.30. The molecule has 0 aliphatic carbocycles. The molecule has 9 heteroatoms. The zero-order valence-corrected chi connectivity index (χ0v) is 14.2. The van der Waals surface area contributed by atoms with Crippen molar-refractivity contribution in [3.8, 4) is 0 Å². The molecule has 0 fully saturated rings. The Morgan fingerprint density at radius 1 is 1.11 bits per heavy atom. The zero-order valence-electron chi connectivity index (χ0n) is 14.2. The van der Waals surface area contributed by atoms with Gasteiger partial charge in [0.15, 0.2) is 0 Å². The van der Waals surface area contributed by atoms with E-state index in [0.717, 1.165) is 5.56 Å². The molecule has 0 spiro atoms. The summed E-state index contributed by atoms with van der Waals surface area (Å²) in [4.78, 5) is 39.0. The molecule has 138 valence electrons. The standard InChI is InChI=1S/C18H17N5O4/c19-11-16(24)21-15(10-12-6-2-1-3-7-12)18(26)27-17(25)13-8-4-5-9-14(13)22-23-20/h1-9,15H,10-11,19H2,(H,21,24)/t15-/m0/s1. The first kappa shape index (κ1) is 19.6. The fourth-order valence-electron chi connectivity index (χ4n) is 2.30. The molecule has 27 heavy (non-hydrogen) atoms. The molecule has 2 aromatic rings. The van der Waals surface area contributed by atoms with Gasteiger partial charge in [-0.15, -0.1) is 0 Å². The van der Waals surface area contributed by atoms with Crippen molar-refractivity contribution in [2.24, 2.45) is 10.8 Å². The largest absolute Gasteiger partial charge is 0.388 e. The van der Waals surface area contributed by atoms with Gasteiger partial charge in [-0.05, 0) is 17.2 Å². The average Bonchev–Trinajstić information content (AvgIpc) is 2.68. The highest BCUT2D eigenvalue weighted by molar-refractivity contribution is 6.02. The number of esters is 2. The monoisotopic (exact) mass is 367 g/mol. The third-order valence-corrected chi connectivity index (χ3v) is 3.56. The van der Waals surface area contributed by atoms with Gasteiger partial charge < -0.3 is 15.8 Å². The van der Waals surface area contributed by atoms with Gasteiger partial charge in [0.25, 0.3) is 0 Å². The highest BCUT2D eigenvalue weighted by atomic mass is 16.6.